The number of nitrogens with one attached hydrogen (secondary N) is 2. The number of hydrogen-bond donors (Lipinski definition) is 2. The molecule has 1 aromatic heterocycles. The summed E-state index contributed by atoms with van der Waals surface area (Å²) >= 11 is 0. The number of Topliss-reactive ketones (excluding diaryl/α,β-unsaturated/α-hetero) is 1. The van der Waals surface area contributed by atoms with Crippen LogP contribution in [0.25, 0.3) is 0 Å². The van der Waals surface area contributed by atoms with E-state index in [1.807, 2.05) is 24.5 Å². The van der Waals surface area contributed by atoms with Crippen LogP contribution in [-0.2, 0) is 22.6 Å². The van der Waals surface area contributed by atoms with E-state index in [0.717, 1.165) is 49.7 Å². The van der Waals surface area contributed by atoms with Gasteiger partial charge in [0.25, 0.3) is 0 Å². The normalized spacial score (nSPS) is 18.9. The number of aromatic nitrogens is 1. The van der Waals surface area contributed by atoms with E-state index < -0.39 is 0 Å². The highest BCUT2D eigenvalue weighted by Crippen LogP contribution is 2.16. The number of benzene rings is 1. The summed E-state index contributed by atoms with van der Waals surface area (Å²) in [5.74, 6) is -0.0318. The number of ether oxygens (including phenoxy) is 1. The van der Waals surface area contributed by atoms with Gasteiger partial charge in [0.2, 0.25) is 5.78 Å². The van der Waals surface area contributed by atoms with Crippen LogP contribution in [-0.4, -0.2) is 56.2 Å². The molecule has 1 aliphatic rings. The van der Waals surface area contributed by atoms with Gasteiger partial charge in [-0.1, -0.05) is 24.3 Å². The van der Waals surface area contributed by atoms with Crippen LogP contribution in [0, 0.1) is 20.8 Å². The van der Waals surface area contributed by atoms with Crippen molar-refractivity contribution in [2.24, 2.45) is 0 Å². The average Bonchev–Trinajstić information content (AvgIpc) is 3.03. The van der Waals surface area contributed by atoms with E-state index >= 15 is 0 Å². The molecule has 0 unspecified atom stereocenters. The molecular weight excluding hydrogens is 378 g/mol. The second-order valence-electron chi connectivity index (χ2n) is 8.47. The molecule has 0 spiro atoms. The monoisotopic (exact) mass is 413 g/mol. The first-order valence-corrected chi connectivity index (χ1v) is 10.9. The molecular formula is C24H35N3O3+2. The van der Waals surface area contributed by atoms with Crippen molar-refractivity contribution in [3.05, 3.63) is 58.4 Å². The first-order valence-electron chi connectivity index (χ1n) is 10.9. The summed E-state index contributed by atoms with van der Waals surface area (Å²) in [7, 11) is 1.40. The van der Waals surface area contributed by atoms with Crippen LogP contribution in [0.5, 0.6) is 0 Å². The molecule has 6 nitrogen and oxygen atoms in total. The molecule has 30 heavy (non-hydrogen) atoms. The van der Waals surface area contributed by atoms with Crippen LogP contribution in [0.1, 0.15) is 39.3 Å². The average molecular weight is 414 g/mol. The fraction of sp³-hybridized carbons (Fsp3) is 0.500. The lowest BCUT2D eigenvalue weighted by Gasteiger charge is -2.29. The number of hydrogen-bond acceptors (Lipinski definition) is 3. The van der Waals surface area contributed by atoms with Crippen molar-refractivity contribution < 1.29 is 24.1 Å². The number of ketones is 1. The number of aryl methyl sites for hydroxylation is 2. The Hall–Kier alpha value is -2.44. The number of rotatable bonds is 8. The van der Waals surface area contributed by atoms with Gasteiger partial charge < -0.3 is 19.1 Å². The molecule has 1 fully saturated rings. The maximum absolute atomic E-state index is 13.0. The first kappa shape index (κ1) is 22.2. The quantitative estimate of drug-likeness (QED) is 0.478. The lowest BCUT2D eigenvalue weighted by molar-refractivity contribution is -1.01. The van der Waals surface area contributed by atoms with Crippen LogP contribution >= 0.6 is 0 Å². The highest BCUT2D eigenvalue weighted by Gasteiger charge is 2.27. The van der Waals surface area contributed by atoms with E-state index in [2.05, 4.69) is 31.2 Å². The van der Waals surface area contributed by atoms with E-state index in [9.17, 15) is 9.59 Å². The molecule has 0 atom stereocenters. The molecule has 0 aliphatic carbocycles. The van der Waals surface area contributed by atoms with Crippen molar-refractivity contribution in [2.45, 2.75) is 40.3 Å². The molecule has 0 saturated carbocycles. The fourth-order valence-electron chi connectivity index (χ4n) is 4.44. The number of nitrogens with zero attached hydrogens (tertiary/aromatic N) is 1. The minimum absolute atomic E-state index is 0.199. The Labute approximate surface area is 179 Å². The van der Waals surface area contributed by atoms with Gasteiger partial charge in [-0.2, -0.15) is 0 Å². The van der Waals surface area contributed by atoms with Crippen LogP contribution in [0.4, 0.5) is 0 Å². The van der Waals surface area contributed by atoms with Gasteiger partial charge in [0, 0.05) is 29.1 Å². The standard InChI is InChI=1S/C24H33N3O3/c1-18-7-5-6-8-21(18)16-25-11-13-26(14-12-25)17-23(28)22-15-19(2)27(20(22)3)10-9-24(29)30-4/h5-8,15H,9-14,16-17H2,1-4H3/p+2. The minimum atomic E-state index is -0.231. The SMILES string of the molecule is COC(=O)CCn1c(C)cc(C(=O)C[NH+]2CC[NH+](Cc3ccccc3C)CC2)c1C. The van der Waals surface area contributed by atoms with Gasteiger partial charge in [0.15, 0.2) is 0 Å². The molecule has 1 saturated heterocycles. The lowest BCUT2D eigenvalue weighted by Crippen LogP contribution is -3.27. The molecule has 1 aliphatic heterocycles. The van der Waals surface area contributed by atoms with Gasteiger partial charge in [-0.25, -0.2) is 0 Å². The van der Waals surface area contributed by atoms with Crippen molar-refractivity contribution in [1.29, 1.82) is 0 Å². The molecule has 162 valence electrons. The van der Waals surface area contributed by atoms with Gasteiger partial charge in [-0.3, -0.25) is 9.59 Å². The van der Waals surface area contributed by atoms with E-state index in [1.54, 1.807) is 4.90 Å². The highest BCUT2D eigenvalue weighted by atomic mass is 16.5. The molecule has 6 heteroatoms. The Bertz CT molecular complexity index is 895. The summed E-state index contributed by atoms with van der Waals surface area (Å²) in [6.45, 7) is 12.5. The topological polar surface area (TPSA) is 57.2 Å². The fourth-order valence-corrected chi connectivity index (χ4v) is 4.44. The van der Waals surface area contributed by atoms with E-state index in [-0.39, 0.29) is 11.8 Å². The van der Waals surface area contributed by atoms with E-state index in [1.165, 1.54) is 23.1 Å². The maximum atomic E-state index is 13.0. The summed E-state index contributed by atoms with van der Waals surface area (Å²) in [5, 5.41) is 0. The van der Waals surface area contributed by atoms with Crippen molar-refractivity contribution in [3.8, 4) is 0 Å². The zero-order valence-corrected chi connectivity index (χ0v) is 18.7. The Morgan fingerprint density at radius 1 is 1.03 bits per heavy atom. The number of quaternary nitrogens is 2. The van der Waals surface area contributed by atoms with Crippen molar-refractivity contribution >= 4 is 11.8 Å². The molecule has 0 bridgehead atoms. The zero-order valence-electron chi connectivity index (χ0n) is 18.7. The molecule has 0 radical (unpaired) electrons. The Morgan fingerprint density at radius 2 is 1.70 bits per heavy atom. The maximum Gasteiger partial charge on any atom is 0.307 e. The van der Waals surface area contributed by atoms with Gasteiger partial charge in [-0.15, -0.1) is 0 Å². The second kappa shape index (κ2) is 10.0. The summed E-state index contributed by atoms with van der Waals surface area (Å²) in [5.41, 5.74) is 5.54. The molecule has 2 aromatic rings. The number of carbonyl (C=O) groups is 2. The largest absolute Gasteiger partial charge is 0.469 e. The van der Waals surface area contributed by atoms with Crippen LogP contribution in [0.2, 0.25) is 0 Å². The third-order valence-corrected chi connectivity index (χ3v) is 6.42. The summed E-state index contributed by atoms with van der Waals surface area (Å²) in [6.07, 6.45) is 0.317. The zero-order chi connectivity index (χ0) is 21.7. The molecule has 3 rings (SSSR count). The Kier molecular flexibility index (Phi) is 7.45. The highest BCUT2D eigenvalue weighted by molar-refractivity contribution is 5.98. The van der Waals surface area contributed by atoms with Gasteiger partial charge in [-0.05, 0) is 32.4 Å². The summed E-state index contributed by atoms with van der Waals surface area (Å²) < 4.78 is 6.78. The Morgan fingerprint density at radius 3 is 2.37 bits per heavy atom. The molecule has 0 amide bonds. The van der Waals surface area contributed by atoms with Gasteiger partial charge >= 0.3 is 5.97 Å². The number of methoxy groups -OCH3 is 1. The third kappa shape index (κ3) is 5.37. The van der Waals surface area contributed by atoms with Crippen molar-refractivity contribution in [2.75, 3.05) is 39.8 Å². The second-order valence-corrected chi connectivity index (χ2v) is 8.47. The van der Waals surface area contributed by atoms with E-state index in [0.29, 0.717) is 19.5 Å². The predicted molar refractivity (Wildman–Crippen MR) is 116 cm³/mol. The first-order chi connectivity index (χ1) is 14.4. The summed E-state index contributed by atoms with van der Waals surface area (Å²) in [6, 6.07) is 10.6. The Balaban J connectivity index is 1.53. The van der Waals surface area contributed by atoms with Crippen molar-refractivity contribution in [3.63, 3.8) is 0 Å². The smallest absolute Gasteiger partial charge is 0.307 e. The molecule has 2 heterocycles. The molecule has 2 N–H and O–H groups in total. The van der Waals surface area contributed by atoms with Crippen molar-refractivity contribution in [1.82, 2.24) is 4.57 Å². The minimum Gasteiger partial charge on any atom is -0.469 e. The third-order valence-electron chi connectivity index (χ3n) is 6.42. The van der Waals surface area contributed by atoms with Gasteiger partial charge in [0.05, 0.1) is 13.5 Å². The van der Waals surface area contributed by atoms with Crippen LogP contribution in [0.15, 0.2) is 30.3 Å². The summed E-state index contributed by atoms with van der Waals surface area (Å²) in [4.78, 5) is 27.4. The lowest BCUT2D eigenvalue weighted by atomic mass is 10.1. The van der Waals surface area contributed by atoms with Crippen LogP contribution in [0.3, 0.4) is 0 Å². The molecule has 1 aromatic carbocycles. The van der Waals surface area contributed by atoms with Crippen LogP contribution < -0.4 is 9.80 Å². The van der Waals surface area contributed by atoms with Gasteiger partial charge in [0.1, 0.15) is 39.3 Å². The number of esters is 1. The predicted octanol–water partition coefficient (Wildman–Crippen LogP) is 0.143. The number of carbonyl (C=O) groups excluding carboxylic acids is 2. The number of piperazine rings is 1. The van der Waals surface area contributed by atoms with E-state index in [4.69, 9.17) is 4.74 Å².